The van der Waals surface area contributed by atoms with Crippen molar-refractivity contribution in [1.29, 1.82) is 0 Å². The van der Waals surface area contributed by atoms with E-state index in [1.165, 1.54) is 35.0 Å². The molecule has 0 bridgehead atoms. The molecule has 35 heavy (non-hydrogen) atoms. The lowest BCUT2D eigenvalue weighted by molar-refractivity contribution is -0.384. The maximum Gasteiger partial charge on any atom is 0.491 e. The van der Waals surface area contributed by atoms with Crippen LogP contribution in [-0.2, 0) is 24.2 Å². The number of aromatic carboxylic acids is 1. The van der Waals surface area contributed by atoms with E-state index in [0.717, 1.165) is 6.07 Å². The van der Waals surface area contributed by atoms with Crippen molar-refractivity contribution in [2.45, 2.75) is 25.6 Å². The van der Waals surface area contributed by atoms with Crippen molar-refractivity contribution in [3.8, 4) is 28.1 Å². The highest BCUT2D eigenvalue weighted by Gasteiger charge is 2.42. The van der Waals surface area contributed by atoms with Gasteiger partial charge in [-0.05, 0) is 36.1 Å². The number of nitrogens with two attached hydrogens (primary N) is 1. The maximum absolute atomic E-state index is 12.9. The molecule has 0 aliphatic heterocycles. The lowest BCUT2D eigenvalue weighted by Gasteiger charge is -2.20. The van der Waals surface area contributed by atoms with Gasteiger partial charge >= 0.3 is 18.1 Å². The summed E-state index contributed by atoms with van der Waals surface area (Å²) in [5.41, 5.74) is 6.94. The van der Waals surface area contributed by atoms with E-state index in [1.54, 1.807) is 0 Å². The highest BCUT2D eigenvalue weighted by molar-refractivity contribution is 5.92. The van der Waals surface area contributed by atoms with Crippen LogP contribution < -0.4 is 10.5 Å². The molecule has 1 aliphatic carbocycles. The predicted octanol–water partition coefficient (Wildman–Crippen LogP) is 3.35. The lowest BCUT2D eigenvalue weighted by atomic mass is 9.86. The predicted molar refractivity (Wildman–Crippen MR) is 115 cm³/mol. The van der Waals surface area contributed by atoms with Crippen LogP contribution >= 0.6 is 0 Å². The van der Waals surface area contributed by atoms with E-state index in [1.807, 2.05) is 0 Å². The zero-order valence-corrected chi connectivity index (χ0v) is 17.8. The number of rotatable bonds is 6. The average Bonchev–Trinajstić information content (AvgIpc) is 3.17. The Morgan fingerprint density at radius 3 is 2.57 bits per heavy atom. The Hall–Kier alpha value is -4.26. The number of benzene rings is 2. The summed E-state index contributed by atoms with van der Waals surface area (Å²) in [5, 5.41) is 25.3. The topological polar surface area (TPSA) is 151 Å². The van der Waals surface area contributed by atoms with Crippen LogP contribution in [0.15, 0.2) is 36.4 Å². The average molecular weight is 490 g/mol. The summed E-state index contributed by atoms with van der Waals surface area (Å²) in [6.45, 7) is 0.252. The molecule has 1 heterocycles. The van der Waals surface area contributed by atoms with Crippen LogP contribution in [0, 0.1) is 10.1 Å². The van der Waals surface area contributed by atoms with E-state index in [0.29, 0.717) is 22.4 Å². The van der Waals surface area contributed by atoms with E-state index in [-0.39, 0.29) is 48.4 Å². The first-order valence-electron chi connectivity index (χ1n) is 10.3. The molecule has 0 amide bonds. The Morgan fingerprint density at radius 1 is 1.20 bits per heavy atom. The number of aromatic nitrogens is 2. The number of nitro groups is 1. The first kappa shape index (κ1) is 23.9. The number of aryl methyl sites for hydroxylation is 1. The molecule has 0 saturated carbocycles. The second-order valence-electron chi connectivity index (χ2n) is 7.69. The molecule has 0 fully saturated rings. The van der Waals surface area contributed by atoms with Gasteiger partial charge in [0.25, 0.3) is 5.69 Å². The number of fused-ring (bicyclic) bond motifs is 3. The lowest BCUT2D eigenvalue weighted by Crippen LogP contribution is -2.28. The van der Waals surface area contributed by atoms with Crippen LogP contribution in [0.4, 0.5) is 18.9 Å². The molecule has 0 radical (unpaired) electrons. The number of carbonyl (C=O) groups excluding carboxylic acids is 1. The van der Waals surface area contributed by atoms with Crippen molar-refractivity contribution in [3.05, 3.63) is 63.3 Å². The van der Waals surface area contributed by atoms with Crippen LogP contribution in [0.1, 0.15) is 21.6 Å². The third-order valence-electron chi connectivity index (χ3n) is 5.50. The van der Waals surface area contributed by atoms with Gasteiger partial charge in [-0.1, -0.05) is 12.1 Å². The second kappa shape index (κ2) is 8.83. The van der Waals surface area contributed by atoms with Crippen LogP contribution in [0.2, 0.25) is 0 Å². The van der Waals surface area contributed by atoms with Gasteiger partial charge in [-0.2, -0.15) is 18.3 Å². The zero-order chi connectivity index (χ0) is 25.5. The van der Waals surface area contributed by atoms with Gasteiger partial charge < -0.3 is 15.6 Å². The highest BCUT2D eigenvalue weighted by Crippen LogP contribution is 2.42. The summed E-state index contributed by atoms with van der Waals surface area (Å²) in [7, 11) is 0. The Kier molecular flexibility index (Phi) is 6.03. The molecule has 182 valence electrons. The zero-order valence-electron chi connectivity index (χ0n) is 17.8. The minimum atomic E-state index is -5.26. The normalized spacial score (nSPS) is 12.6. The van der Waals surface area contributed by atoms with Crippen molar-refractivity contribution in [3.63, 3.8) is 0 Å². The molecule has 4 rings (SSSR count). The van der Waals surface area contributed by atoms with Crippen molar-refractivity contribution < 1.29 is 37.5 Å². The number of esters is 1. The fourth-order valence-electron chi connectivity index (χ4n) is 4.04. The largest absolute Gasteiger partial charge is 0.491 e. The number of halogens is 3. The number of nitro benzene ring substituents is 1. The van der Waals surface area contributed by atoms with Gasteiger partial charge in [-0.15, -0.1) is 0 Å². The van der Waals surface area contributed by atoms with Gasteiger partial charge in [0.1, 0.15) is 11.4 Å². The molecule has 0 atom stereocenters. The number of ether oxygens (including phenoxy) is 1. The molecule has 1 aromatic heterocycles. The number of carboxylic acid groups (broad SMARTS) is 1. The van der Waals surface area contributed by atoms with E-state index >= 15 is 0 Å². The molecule has 10 nitrogen and oxygen atoms in total. The first-order chi connectivity index (χ1) is 16.5. The van der Waals surface area contributed by atoms with E-state index < -0.39 is 28.8 Å². The van der Waals surface area contributed by atoms with E-state index in [4.69, 9.17) is 5.73 Å². The number of hydrogen-bond acceptors (Lipinski definition) is 7. The van der Waals surface area contributed by atoms with Crippen LogP contribution in [-0.4, -0.2) is 44.5 Å². The minimum Gasteiger partial charge on any atom is -0.477 e. The van der Waals surface area contributed by atoms with Gasteiger partial charge in [-0.3, -0.25) is 14.8 Å². The smallest absolute Gasteiger partial charge is 0.477 e. The number of carboxylic acids is 1. The molecule has 3 N–H and O–H groups in total. The number of hydrogen-bond donors (Lipinski definition) is 2. The van der Waals surface area contributed by atoms with Gasteiger partial charge in [0.05, 0.1) is 17.2 Å². The molecule has 1 aliphatic rings. The Balaban J connectivity index is 1.94. The second-order valence-corrected chi connectivity index (χ2v) is 7.69. The SMILES string of the molecule is NCCn1nc2c(c1C(=O)O)CCc1cc(OC(=O)C(F)(F)F)c(-c3cccc([N+](=O)[O-])c3)cc1-2. The highest BCUT2D eigenvalue weighted by atomic mass is 19.4. The van der Waals surface area contributed by atoms with Gasteiger partial charge in [0.2, 0.25) is 0 Å². The fraction of sp³-hybridized carbons (Fsp3) is 0.227. The van der Waals surface area contributed by atoms with Crippen molar-refractivity contribution in [1.82, 2.24) is 9.78 Å². The fourth-order valence-corrected chi connectivity index (χ4v) is 4.04. The number of alkyl halides is 3. The standard InChI is InChI=1S/C22H17F3N4O6/c23-22(24,25)21(32)35-17-9-12-4-5-14-18(27-28(7-6-26)19(14)20(30)31)16(12)10-15(17)11-2-1-3-13(8-11)29(33)34/h1-3,8-10H,4-7,26H2,(H,30,31). The third kappa shape index (κ3) is 4.45. The Labute approximate surface area is 194 Å². The number of carbonyl (C=O) groups is 2. The van der Waals surface area contributed by atoms with Gasteiger partial charge in [0, 0.05) is 35.4 Å². The van der Waals surface area contributed by atoms with Gasteiger partial charge in [-0.25, -0.2) is 9.59 Å². The number of nitrogens with zero attached hydrogens (tertiary/aromatic N) is 3. The molecule has 0 spiro atoms. The molecule has 2 aromatic carbocycles. The molecule has 13 heteroatoms. The summed E-state index contributed by atoms with van der Waals surface area (Å²) < 4.78 is 44.7. The quantitative estimate of drug-likeness (QED) is 0.231. The summed E-state index contributed by atoms with van der Waals surface area (Å²) in [6, 6.07) is 7.74. The van der Waals surface area contributed by atoms with Crippen LogP contribution in [0.3, 0.4) is 0 Å². The minimum absolute atomic E-state index is 0.0249. The van der Waals surface area contributed by atoms with Crippen LogP contribution in [0.5, 0.6) is 5.75 Å². The summed E-state index contributed by atoms with van der Waals surface area (Å²) in [5.74, 6) is -4.08. The summed E-state index contributed by atoms with van der Waals surface area (Å²) >= 11 is 0. The monoisotopic (exact) mass is 490 g/mol. The van der Waals surface area contributed by atoms with Crippen molar-refractivity contribution in [2.24, 2.45) is 5.73 Å². The van der Waals surface area contributed by atoms with E-state index in [2.05, 4.69) is 9.84 Å². The molecule has 3 aromatic rings. The van der Waals surface area contributed by atoms with Crippen LogP contribution in [0.25, 0.3) is 22.4 Å². The molecule has 0 saturated heterocycles. The van der Waals surface area contributed by atoms with Gasteiger partial charge in [0.15, 0.2) is 0 Å². The van der Waals surface area contributed by atoms with Crippen molar-refractivity contribution >= 4 is 17.6 Å². The van der Waals surface area contributed by atoms with E-state index in [9.17, 15) is 38.0 Å². The Bertz CT molecular complexity index is 1370. The third-order valence-corrected chi connectivity index (χ3v) is 5.50. The summed E-state index contributed by atoms with van der Waals surface area (Å²) in [4.78, 5) is 34.0. The summed E-state index contributed by atoms with van der Waals surface area (Å²) in [6.07, 6.45) is -4.79. The number of non-ortho nitro benzene ring substituents is 1. The molecular formula is C22H17F3N4O6. The molecule has 0 unspecified atom stereocenters. The van der Waals surface area contributed by atoms with Crippen molar-refractivity contribution in [2.75, 3.05) is 6.54 Å². The first-order valence-corrected chi connectivity index (χ1v) is 10.3. The molecular weight excluding hydrogens is 473 g/mol. The maximum atomic E-state index is 12.9. The Morgan fingerprint density at radius 2 is 1.94 bits per heavy atom.